The van der Waals surface area contributed by atoms with Gasteiger partial charge in [0.2, 0.25) is 11.8 Å². The summed E-state index contributed by atoms with van der Waals surface area (Å²) in [6, 6.07) is 16.3. The van der Waals surface area contributed by atoms with Crippen LogP contribution in [0.4, 0.5) is 0 Å². The molecule has 0 radical (unpaired) electrons. The molecule has 1 aliphatic carbocycles. The molecule has 158 valence electrons. The zero-order chi connectivity index (χ0) is 21.3. The Labute approximate surface area is 183 Å². The molecule has 2 amide bonds. The zero-order valence-electron chi connectivity index (χ0n) is 17.7. The Kier molecular flexibility index (Phi) is 5.88. The van der Waals surface area contributed by atoms with Crippen molar-refractivity contribution in [3.63, 3.8) is 0 Å². The summed E-state index contributed by atoms with van der Waals surface area (Å²) in [5, 5.41) is 3.84. The van der Waals surface area contributed by atoms with Gasteiger partial charge in [-0.2, -0.15) is 0 Å². The molecule has 2 aromatic carbocycles. The normalized spacial score (nSPS) is 20.6. The molecule has 1 heterocycles. The van der Waals surface area contributed by atoms with Gasteiger partial charge in [0, 0.05) is 36.4 Å². The lowest BCUT2D eigenvalue weighted by Gasteiger charge is -2.41. The molecule has 1 N–H and O–H groups in total. The van der Waals surface area contributed by atoms with Gasteiger partial charge in [0.1, 0.15) is 0 Å². The maximum absolute atomic E-state index is 13.1. The standard InChI is InChI=1S/C25H29ClN2O2/c1-17(15-19-7-9-20(26)10-8-19)24(30)28-13-11-25(12-14-28)16-23(27-18(2)29)21-5-3-4-6-22(21)25/h3-10,17,23H,11-16H2,1-2H3,(H,27,29). The van der Waals surface area contributed by atoms with Gasteiger partial charge in [0.05, 0.1) is 6.04 Å². The number of hydrogen-bond donors (Lipinski definition) is 1. The van der Waals surface area contributed by atoms with Crippen molar-refractivity contribution in [1.82, 2.24) is 10.2 Å². The molecule has 2 aliphatic rings. The molecule has 2 unspecified atom stereocenters. The molecule has 0 saturated carbocycles. The molecule has 2 aromatic rings. The number of carbonyl (C=O) groups is 2. The first-order valence-electron chi connectivity index (χ1n) is 10.8. The third-order valence-corrected chi connectivity index (χ3v) is 7.04. The molecule has 4 rings (SSSR count). The minimum atomic E-state index is -0.0526. The third kappa shape index (κ3) is 4.11. The predicted octanol–water partition coefficient (Wildman–Crippen LogP) is 4.66. The molecule has 4 nitrogen and oxygen atoms in total. The van der Waals surface area contributed by atoms with Gasteiger partial charge in [-0.3, -0.25) is 9.59 Å². The van der Waals surface area contributed by atoms with Crippen molar-refractivity contribution in [1.29, 1.82) is 0 Å². The minimum absolute atomic E-state index is 0.00971. The summed E-state index contributed by atoms with van der Waals surface area (Å²) in [6.07, 6.45) is 3.54. The summed E-state index contributed by atoms with van der Waals surface area (Å²) < 4.78 is 0. The average molecular weight is 425 g/mol. The molecular formula is C25H29ClN2O2. The topological polar surface area (TPSA) is 49.4 Å². The fourth-order valence-corrected chi connectivity index (χ4v) is 5.40. The van der Waals surface area contributed by atoms with Gasteiger partial charge in [-0.15, -0.1) is 0 Å². The van der Waals surface area contributed by atoms with E-state index in [1.54, 1.807) is 6.92 Å². The summed E-state index contributed by atoms with van der Waals surface area (Å²) in [5.74, 6) is 0.184. The highest BCUT2D eigenvalue weighted by atomic mass is 35.5. The SMILES string of the molecule is CC(=O)NC1CC2(CCN(C(=O)C(C)Cc3ccc(Cl)cc3)CC2)c2ccccc21. The number of amides is 2. The molecule has 30 heavy (non-hydrogen) atoms. The fraction of sp³-hybridized carbons (Fsp3) is 0.440. The van der Waals surface area contributed by atoms with Crippen LogP contribution in [0, 0.1) is 5.92 Å². The van der Waals surface area contributed by atoms with Crippen LogP contribution in [0.3, 0.4) is 0 Å². The van der Waals surface area contributed by atoms with Crippen molar-refractivity contribution in [2.45, 2.75) is 51.0 Å². The molecule has 1 fully saturated rings. The summed E-state index contributed by atoms with van der Waals surface area (Å²) >= 11 is 5.97. The summed E-state index contributed by atoms with van der Waals surface area (Å²) in [6.45, 7) is 5.13. The first-order valence-corrected chi connectivity index (χ1v) is 11.2. The lowest BCUT2D eigenvalue weighted by Crippen LogP contribution is -2.46. The summed E-state index contributed by atoms with van der Waals surface area (Å²) in [4.78, 5) is 26.8. The Bertz CT molecular complexity index is 932. The Hall–Kier alpha value is -2.33. The van der Waals surface area contributed by atoms with Crippen LogP contribution in [0.1, 0.15) is 55.8 Å². The van der Waals surface area contributed by atoms with Crippen molar-refractivity contribution in [3.05, 3.63) is 70.2 Å². The van der Waals surface area contributed by atoms with Gasteiger partial charge in [-0.1, -0.05) is 54.9 Å². The fourth-order valence-electron chi connectivity index (χ4n) is 5.27. The lowest BCUT2D eigenvalue weighted by atomic mass is 9.73. The van der Waals surface area contributed by atoms with Gasteiger partial charge in [0.25, 0.3) is 0 Å². The molecule has 0 aromatic heterocycles. The molecule has 0 bridgehead atoms. The second-order valence-corrected chi connectivity index (χ2v) is 9.32. The van der Waals surface area contributed by atoms with E-state index in [1.165, 1.54) is 11.1 Å². The van der Waals surface area contributed by atoms with E-state index in [-0.39, 0.29) is 29.2 Å². The molecule has 5 heteroatoms. The van der Waals surface area contributed by atoms with E-state index >= 15 is 0 Å². The van der Waals surface area contributed by atoms with Crippen molar-refractivity contribution >= 4 is 23.4 Å². The Morgan fingerprint density at radius 1 is 1.13 bits per heavy atom. The number of benzene rings is 2. The third-order valence-electron chi connectivity index (χ3n) is 6.79. The monoisotopic (exact) mass is 424 g/mol. The first-order chi connectivity index (χ1) is 14.4. The molecule has 2 atom stereocenters. The number of fused-ring (bicyclic) bond motifs is 2. The largest absolute Gasteiger partial charge is 0.349 e. The van der Waals surface area contributed by atoms with E-state index in [0.29, 0.717) is 5.02 Å². The van der Waals surface area contributed by atoms with Gasteiger partial charge in [-0.05, 0) is 54.5 Å². The van der Waals surface area contributed by atoms with E-state index < -0.39 is 0 Å². The van der Waals surface area contributed by atoms with Crippen LogP contribution in [-0.4, -0.2) is 29.8 Å². The van der Waals surface area contributed by atoms with E-state index in [2.05, 4.69) is 23.5 Å². The molecule has 1 aliphatic heterocycles. The summed E-state index contributed by atoms with van der Waals surface area (Å²) in [5.41, 5.74) is 3.78. The van der Waals surface area contributed by atoms with Gasteiger partial charge < -0.3 is 10.2 Å². The van der Waals surface area contributed by atoms with Crippen LogP contribution in [0.15, 0.2) is 48.5 Å². The molecule has 1 saturated heterocycles. The van der Waals surface area contributed by atoms with E-state index in [4.69, 9.17) is 11.6 Å². The maximum Gasteiger partial charge on any atom is 0.225 e. The van der Waals surface area contributed by atoms with Crippen molar-refractivity contribution in [2.75, 3.05) is 13.1 Å². The molecular weight excluding hydrogens is 396 g/mol. The van der Waals surface area contributed by atoms with E-state index in [1.807, 2.05) is 42.2 Å². The van der Waals surface area contributed by atoms with Crippen LogP contribution in [-0.2, 0) is 21.4 Å². The Balaban J connectivity index is 1.42. The number of hydrogen-bond acceptors (Lipinski definition) is 2. The van der Waals surface area contributed by atoms with Gasteiger partial charge in [0.15, 0.2) is 0 Å². The highest BCUT2D eigenvalue weighted by Crippen LogP contribution is 2.50. The van der Waals surface area contributed by atoms with Gasteiger partial charge >= 0.3 is 0 Å². The highest BCUT2D eigenvalue weighted by Gasteiger charge is 2.46. The van der Waals surface area contributed by atoms with Crippen molar-refractivity contribution < 1.29 is 9.59 Å². The number of rotatable bonds is 4. The predicted molar refractivity (Wildman–Crippen MR) is 119 cm³/mol. The average Bonchev–Trinajstić information content (AvgIpc) is 3.02. The second kappa shape index (κ2) is 8.43. The zero-order valence-corrected chi connectivity index (χ0v) is 18.4. The van der Waals surface area contributed by atoms with Crippen molar-refractivity contribution in [2.24, 2.45) is 5.92 Å². The van der Waals surface area contributed by atoms with Crippen LogP contribution in [0.2, 0.25) is 5.02 Å². The van der Waals surface area contributed by atoms with Crippen molar-refractivity contribution in [3.8, 4) is 0 Å². The number of halogens is 1. The quantitative estimate of drug-likeness (QED) is 0.775. The number of nitrogens with one attached hydrogen (secondary N) is 1. The lowest BCUT2D eigenvalue weighted by molar-refractivity contribution is -0.136. The number of carbonyl (C=O) groups excluding carboxylic acids is 2. The Morgan fingerprint density at radius 2 is 1.80 bits per heavy atom. The maximum atomic E-state index is 13.1. The van der Waals surface area contributed by atoms with E-state index in [0.717, 1.165) is 44.3 Å². The summed E-state index contributed by atoms with van der Waals surface area (Å²) in [7, 11) is 0. The van der Waals surface area contributed by atoms with Crippen LogP contribution in [0.25, 0.3) is 0 Å². The highest BCUT2D eigenvalue weighted by molar-refractivity contribution is 6.30. The second-order valence-electron chi connectivity index (χ2n) is 8.88. The van der Waals surface area contributed by atoms with Crippen LogP contribution < -0.4 is 5.32 Å². The number of piperidine rings is 1. The van der Waals surface area contributed by atoms with Crippen LogP contribution >= 0.6 is 11.6 Å². The first kappa shape index (κ1) is 20.9. The number of likely N-dealkylation sites (tertiary alicyclic amines) is 1. The minimum Gasteiger partial charge on any atom is -0.349 e. The van der Waals surface area contributed by atoms with Crippen LogP contribution in [0.5, 0.6) is 0 Å². The van der Waals surface area contributed by atoms with Gasteiger partial charge in [-0.25, -0.2) is 0 Å². The number of nitrogens with zero attached hydrogens (tertiary/aromatic N) is 1. The smallest absolute Gasteiger partial charge is 0.225 e. The van der Waals surface area contributed by atoms with E-state index in [9.17, 15) is 9.59 Å². The molecule has 1 spiro atoms. The Morgan fingerprint density at radius 3 is 2.47 bits per heavy atom.